The summed E-state index contributed by atoms with van der Waals surface area (Å²) in [5.41, 5.74) is 1.89. The van der Waals surface area contributed by atoms with Crippen molar-refractivity contribution in [3.63, 3.8) is 0 Å². The van der Waals surface area contributed by atoms with E-state index in [-0.39, 0.29) is 24.5 Å². The number of amides is 2. The standard InChI is InChI=1S/C22H24N2O5/c1-27-18-6-2-15(3-7-18)4-9-21(25)23-12-16-10-22(26)24(13-16)17-5-8-19-20(11-17)29-14-28-19/h2-3,5-8,11,16H,4,9-10,12-14H2,1H3,(H,23,25). The summed E-state index contributed by atoms with van der Waals surface area (Å²) >= 11 is 0. The van der Waals surface area contributed by atoms with Crippen LogP contribution in [0.1, 0.15) is 18.4 Å². The molecular weight excluding hydrogens is 372 g/mol. The summed E-state index contributed by atoms with van der Waals surface area (Å²) in [5, 5.41) is 2.96. The first-order valence-electron chi connectivity index (χ1n) is 9.72. The second kappa shape index (κ2) is 8.43. The number of anilines is 1. The lowest BCUT2D eigenvalue weighted by Gasteiger charge is -2.17. The molecule has 1 unspecified atom stereocenters. The van der Waals surface area contributed by atoms with Crippen LogP contribution in [-0.4, -0.2) is 38.8 Å². The Kier molecular flexibility index (Phi) is 5.55. The second-order valence-electron chi connectivity index (χ2n) is 7.26. The maximum Gasteiger partial charge on any atom is 0.231 e. The molecule has 29 heavy (non-hydrogen) atoms. The highest BCUT2D eigenvalue weighted by atomic mass is 16.7. The Hall–Kier alpha value is -3.22. The van der Waals surface area contributed by atoms with Gasteiger partial charge in [-0.05, 0) is 36.2 Å². The largest absolute Gasteiger partial charge is 0.497 e. The van der Waals surface area contributed by atoms with E-state index in [4.69, 9.17) is 14.2 Å². The molecule has 2 amide bonds. The summed E-state index contributed by atoms with van der Waals surface area (Å²) in [7, 11) is 1.63. The van der Waals surface area contributed by atoms with Crippen LogP contribution in [0.4, 0.5) is 5.69 Å². The molecule has 2 aliphatic rings. The van der Waals surface area contributed by atoms with E-state index in [0.29, 0.717) is 43.9 Å². The van der Waals surface area contributed by atoms with Gasteiger partial charge in [-0.3, -0.25) is 9.59 Å². The van der Waals surface area contributed by atoms with Gasteiger partial charge in [-0.25, -0.2) is 0 Å². The van der Waals surface area contributed by atoms with Crippen LogP contribution in [0.3, 0.4) is 0 Å². The third-order valence-electron chi connectivity index (χ3n) is 5.26. The third-order valence-corrected chi connectivity index (χ3v) is 5.26. The lowest BCUT2D eigenvalue weighted by atomic mass is 10.1. The van der Waals surface area contributed by atoms with Crippen molar-refractivity contribution in [2.24, 2.45) is 5.92 Å². The topological polar surface area (TPSA) is 77.1 Å². The van der Waals surface area contributed by atoms with Crippen molar-refractivity contribution in [1.82, 2.24) is 5.32 Å². The van der Waals surface area contributed by atoms with Crippen molar-refractivity contribution < 1.29 is 23.8 Å². The van der Waals surface area contributed by atoms with Gasteiger partial charge < -0.3 is 24.4 Å². The number of ether oxygens (including phenoxy) is 3. The summed E-state index contributed by atoms with van der Waals surface area (Å²) in [6, 6.07) is 13.2. The van der Waals surface area contributed by atoms with E-state index in [9.17, 15) is 9.59 Å². The van der Waals surface area contributed by atoms with E-state index in [2.05, 4.69) is 5.32 Å². The Labute approximate surface area is 169 Å². The number of aryl methyl sites for hydroxylation is 1. The highest BCUT2D eigenvalue weighted by molar-refractivity contribution is 5.96. The number of nitrogens with zero attached hydrogens (tertiary/aromatic N) is 1. The van der Waals surface area contributed by atoms with Gasteiger partial charge in [0.15, 0.2) is 11.5 Å². The highest BCUT2D eigenvalue weighted by Gasteiger charge is 2.31. The van der Waals surface area contributed by atoms with E-state index < -0.39 is 0 Å². The van der Waals surface area contributed by atoms with E-state index in [1.54, 1.807) is 12.0 Å². The van der Waals surface area contributed by atoms with Crippen molar-refractivity contribution in [1.29, 1.82) is 0 Å². The van der Waals surface area contributed by atoms with E-state index >= 15 is 0 Å². The molecule has 0 saturated carbocycles. The van der Waals surface area contributed by atoms with Crippen LogP contribution >= 0.6 is 0 Å². The third kappa shape index (κ3) is 4.45. The molecule has 1 N–H and O–H groups in total. The predicted octanol–water partition coefficient (Wildman–Crippen LogP) is 2.53. The molecule has 1 atom stereocenters. The first kappa shape index (κ1) is 19.1. The molecule has 0 bridgehead atoms. The lowest BCUT2D eigenvalue weighted by molar-refractivity contribution is -0.121. The molecule has 2 aromatic carbocycles. The van der Waals surface area contributed by atoms with Gasteiger partial charge >= 0.3 is 0 Å². The molecule has 4 rings (SSSR count). The number of carbonyl (C=O) groups excluding carboxylic acids is 2. The Morgan fingerprint density at radius 1 is 1.17 bits per heavy atom. The van der Waals surface area contributed by atoms with Gasteiger partial charge in [0.1, 0.15) is 5.75 Å². The molecule has 1 fully saturated rings. The number of rotatable bonds is 7. The molecule has 0 spiro atoms. The molecule has 2 aliphatic heterocycles. The minimum Gasteiger partial charge on any atom is -0.497 e. The zero-order valence-corrected chi connectivity index (χ0v) is 16.3. The van der Waals surface area contributed by atoms with Crippen molar-refractivity contribution in [3.8, 4) is 17.2 Å². The molecule has 0 aliphatic carbocycles. The van der Waals surface area contributed by atoms with Gasteiger partial charge in [0.05, 0.1) is 7.11 Å². The van der Waals surface area contributed by atoms with E-state index in [1.165, 1.54) is 0 Å². The molecule has 152 valence electrons. The molecular formula is C22H24N2O5. The SMILES string of the molecule is COc1ccc(CCC(=O)NCC2CC(=O)N(c3ccc4c(c3)OCO4)C2)cc1. The fourth-order valence-corrected chi connectivity index (χ4v) is 3.62. The van der Waals surface area contributed by atoms with Gasteiger partial charge in [0, 0.05) is 43.6 Å². The van der Waals surface area contributed by atoms with Gasteiger partial charge in [-0.1, -0.05) is 12.1 Å². The number of nitrogens with one attached hydrogen (secondary N) is 1. The normalized spacial score (nSPS) is 17.5. The summed E-state index contributed by atoms with van der Waals surface area (Å²) in [6.07, 6.45) is 1.51. The Morgan fingerprint density at radius 3 is 2.76 bits per heavy atom. The van der Waals surface area contributed by atoms with Crippen LogP contribution in [0.5, 0.6) is 17.2 Å². The summed E-state index contributed by atoms with van der Waals surface area (Å²) in [4.78, 5) is 26.4. The predicted molar refractivity (Wildman–Crippen MR) is 107 cm³/mol. The van der Waals surface area contributed by atoms with Crippen molar-refractivity contribution >= 4 is 17.5 Å². The van der Waals surface area contributed by atoms with Crippen LogP contribution in [0, 0.1) is 5.92 Å². The summed E-state index contributed by atoms with van der Waals surface area (Å²) in [6.45, 7) is 1.28. The number of methoxy groups -OCH3 is 1. The van der Waals surface area contributed by atoms with Crippen LogP contribution in [-0.2, 0) is 16.0 Å². The average Bonchev–Trinajstić information content (AvgIpc) is 3.36. The van der Waals surface area contributed by atoms with Crippen molar-refractivity contribution in [2.75, 3.05) is 31.9 Å². The van der Waals surface area contributed by atoms with E-state index in [0.717, 1.165) is 17.0 Å². The maximum atomic E-state index is 12.4. The van der Waals surface area contributed by atoms with Gasteiger partial charge in [-0.15, -0.1) is 0 Å². The number of hydrogen-bond donors (Lipinski definition) is 1. The van der Waals surface area contributed by atoms with Crippen molar-refractivity contribution in [3.05, 3.63) is 48.0 Å². The smallest absolute Gasteiger partial charge is 0.231 e. The zero-order chi connectivity index (χ0) is 20.2. The van der Waals surface area contributed by atoms with E-state index in [1.807, 2.05) is 42.5 Å². The molecule has 2 aromatic rings. The van der Waals surface area contributed by atoms with Crippen LogP contribution in [0.2, 0.25) is 0 Å². The number of hydrogen-bond acceptors (Lipinski definition) is 5. The first-order valence-corrected chi connectivity index (χ1v) is 9.72. The maximum absolute atomic E-state index is 12.4. The first-order chi connectivity index (χ1) is 14.1. The Balaban J connectivity index is 1.25. The molecule has 0 radical (unpaired) electrons. The molecule has 1 saturated heterocycles. The highest BCUT2D eigenvalue weighted by Crippen LogP contribution is 2.37. The fraction of sp³-hybridized carbons (Fsp3) is 0.364. The minimum atomic E-state index is -0.00482. The van der Waals surface area contributed by atoms with Crippen LogP contribution in [0.15, 0.2) is 42.5 Å². The summed E-state index contributed by atoms with van der Waals surface area (Å²) in [5.74, 6) is 2.30. The lowest BCUT2D eigenvalue weighted by Crippen LogP contribution is -2.31. The monoisotopic (exact) mass is 396 g/mol. The summed E-state index contributed by atoms with van der Waals surface area (Å²) < 4.78 is 15.8. The Bertz CT molecular complexity index is 897. The minimum absolute atomic E-state index is 0.00482. The van der Waals surface area contributed by atoms with Gasteiger partial charge in [0.2, 0.25) is 18.6 Å². The van der Waals surface area contributed by atoms with Gasteiger partial charge in [0.25, 0.3) is 0 Å². The molecule has 7 heteroatoms. The number of fused-ring (bicyclic) bond motifs is 1. The van der Waals surface area contributed by atoms with Crippen LogP contribution in [0.25, 0.3) is 0 Å². The number of carbonyl (C=O) groups is 2. The number of benzene rings is 2. The zero-order valence-electron chi connectivity index (χ0n) is 16.3. The average molecular weight is 396 g/mol. The second-order valence-corrected chi connectivity index (χ2v) is 7.26. The molecule has 7 nitrogen and oxygen atoms in total. The quantitative estimate of drug-likeness (QED) is 0.778. The fourth-order valence-electron chi connectivity index (χ4n) is 3.62. The van der Waals surface area contributed by atoms with Crippen molar-refractivity contribution in [2.45, 2.75) is 19.3 Å². The molecule has 0 aromatic heterocycles. The molecule has 2 heterocycles. The van der Waals surface area contributed by atoms with Gasteiger partial charge in [-0.2, -0.15) is 0 Å². The Morgan fingerprint density at radius 2 is 1.97 bits per heavy atom. The van der Waals surface area contributed by atoms with Crippen LogP contribution < -0.4 is 24.4 Å².